The summed E-state index contributed by atoms with van der Waals surface area (Å²) in [5, 5.41) is 1.92. The molecule has 194 valence electrons. The van der Waals surface area contributed by atoms with Crippen LogP contribution in [0.4, 0.5) is 0 Å². The number of para-hydroxylation sites is 2. The van der Waals surface area contributed by atoms with E-state index in [1.165, 1.54) is 0 Å². The van der Waals surface area contributed by atoms with Crippen LogP contribution in [0.15, 0.2) is 84.9 Å². The van der Waals surface area contributed by atoms with E-state index in [4.69, 9.17) is 55.9 Å². The summed E-state index contributed by atoms with van der Waals surface area (Å²) in [5.41, 5.74) is 6.69. The summed E-state index contributed by atoms with van der Waals surface area (Å²) in [5.74, 6) is -0.507. The lowest BCUT2D eigenvalue weighted by atomic mass is 10.2. The second-order valence-corrected chi connectivity index (χ2v) is 9.64. The van der Waals surface area contributed by atoms with Gasteiger partial charge in [0.05, 0.1) is 11.1 Å². The molecule has 4 rings (SSSR count). The number of hydrogen-bond donors (Lipinski definition) is 2. The maximum atomic E-state index is 12.9. The molecule has 2 N–H and O–H groups in total. The molecule has 0 heterocycles. The molecule has 0 fully saturated rings. The van der Waals surface area contributed by atoms with Crippen LogP contribution in [0, 0.1) is 0 Å². The Morgan fingerprint density at radius 3 is 1.37 bits per heavy atom. The van der Waals surface area contributed by atoms with Crippen LogP contribution in [0.2, 0.25) is 20.1 Å². The first kappa shape index (κ1) is 27.6. The Labute approximate surface area is 239 Å². The molecule has 0 saturated heterocycles. The van der Waals surface area contributed by atoms with Gasteiger partial charge in [-0.2, -0.15) is 0 Å². The van der Waals surface area contributed by atoms with Gasteiger partial charge in [-0.3, -0.25) is 20.4 Å². The normalized spacial score (nSPS) is 10.5. The highest BCUT2D eigenvalue weighted by Gasteiger charge is 2.17. The smallest absolute Gasteiger partial charge is 0.273 e. The number of benzene rings is 4. The van der Waals surface area contributed by atoms with E-state index < -0.39 is 11.8 Å². The molecule has 0 bridgehead atoms. The first-order valence-corrected chi connectivity index (χ1v) is 12.7. The number of hydrazine groups is 1. The number of rotatable bonds is 8. The minimum absolute atomic E-state index is 0.120. The number of amides is 2. The van der Waals surface area contributed by atoms with Gasteiger partial charge in [0.1, 0.15) is 24.7 Å². The molecule has 38 heavy (non-hydrogen) atoms. The highest BCUT2D eigenvalue weighted by Crippen LogP contribution is 2.26. The number of ether oxygens (including phenoxy) is 2. The van der Waals surface area contributed by atoms with Crippen LogP contribution >= 0.6 is 46.4 Å². The zero-order chi connectivity index (χ0) is 27.1. The predicted octanol–water partition coefficient (Wildman–Crippen LogP) is 7.53. The molecule has 0 atom stereocenters. The quantitative estimate of drug-likeness (QED) is 0.208. The summed E-state index contributed by atoms with van der Waals surface area (Å²) in [6, 6.07) is 23.4. The van der Waals surface area contributed by atoms with E-state index >= 15 is 0 Å². The van der Waals surface area contributed by atoms with Gasteiger partial charge in [-0.1, -0.05) is 82.8 Å². The lowest BCUT2D eigenvalue weighted by Gasteiger charge is -2.14. The maximum Gasteiger partial charge on any atom is 0.273 e. The van der Waals surface area contributed by atoms with E-state index in [1.54, 1.807) is 84.9 Å². The fourth-order valence-electron chi connectivity index (χ4n) is 3.40. The summed E-state index contributed by atoms with van der Waals surface area (Å²) in [6.45, 7) is 0.240. The highest BCUT2D eigenvalue weighted by molar-refractivity contribution is 6.35. The average Bonchev–Trinajstić information content (AvgIpc) is 2.91. The summed E-state index contributed by atoms with van der Waals surface area (Å²) >= 11 is 24.3. The first-order chi connectivity index (χ1) is 18.3. The van der Waals surface area contributed by atoms with Crippen LogP contribution in [-0.2, 0) is 13.2 Å². The van der Waals surface area contributed by atoms with Gasteiger partial charge in [0.2, 0.25) is 0 Å². The molecule has 0 radical (unpaired) electrons. The van der Waals surface area contributed by atoms with Gasteiger partial charge in [0, 0.05) is 31.2 Å². The molecule has 0 aromatic heterocycles. The van der Waals surface area contributed by atoms with Crippen molar-refractivity contribution >= 4 is 58.2 Å². The Balaban J connectivity index is 1.39. The van der Waals surface area contributed by atoms with Gasteiger partial charge in [-0.15, -0.1) is 0 Å². The molecule has 4 aromatic carbocycles. The fourth-order valence-corrected chi connectivity index (χ4v) is 4.32. The lowest BCUT2D eigenvalue weighted by molar-refractivity contribution is 0.0841. The van der Waals surface area contributed by atoms with Crippen molar-refractivity contribution in [3.63, 3.8) is 0 Å². The number of nitrogens with one attached hydrogen (secondary N) is 2. The monoisotopic (exact) mass is 588 g/mol. The van der Waals surface area contributed by atoms with E-state index in [0.717, 1.165) is 0 Å². The molecule has 0 saturated carbocycles. The molecular formula is C28H20Cl4N2O4. The second kappa shape index (κ2) is 12.9. The minimum atomic E-state index is -0.567. The third kappa shape index (κ3) is 7.11. The SMILES string of the molecule is O=C(NNC(=O)c1ccccc1OCc1ccc(Cl)cc1Cl)c1ccccc1OCc1ccc(Cl)cc1Cl. The van der Waals surface area contributed by atoms with Crippen molar-refractivity contribution in [3.8, 4) is 11.5 Å². The fraction of sp³-hybridized carbons (Fsp3) is 0.0714. The third-order valence-corrected chi connectivity index (χ3v) is 6.52. The number of carbonyl (C=O) groups excluding carboxylic acids is 2. The largest absolute Gasteiger partial charge is 0.488 e. The molecule has 6 nitrogen and oxygen atoms in total. The van der Waals surface area contributed by atoms with Crippen LogP contribution in [-0.4, -0.2) is 11.8 Å². The van der Waals surface area contributed by atoms with Crippen LogP contribution in [0.25, 0.3) is 0 Å². The summed E-state index contributed by atoms with van der Waals surface area (Å²) in [6.07, 6.45) is 0. The molecule has 0 spiro atoms. The minimum Gasteiger partial charge on any atom is -0.488 e. The zero-order valence-corrected chi connectivity index (χ0v) is 22.7. The van der Waals surface area contributed by atoms with E-state index in [-0.39, 0.29) is 24.3 Å². The van der Waals surface area contributed by atoms with Crippen molar-refractivity contribution in [3.05, 3.63) is 127 Å². The maximum absolute atomic E-state index is 12.9. The van der Waals surface area contributed by atoms with Gasteiger partial charge < -0.3 is 9.47 Å². The Morgan fingerprint density at radius 2 is 0.974 bits per heavy atom. The van der Waals surface area contributed by atoms with Crippen LogP contribution < -0.4 is 20.3 Å². The van der Waals surface area contributed by atoms with Crippen molar-refractivity contribution in [2.24, 2.45) is 0 Å². The van der Waals surface area contributed by atoms with E-state index in [9.17, 15) is 9.59 Å². The standard InChI is InChI=1S/C28H20Cl4N2O4/c29-19-11-9-17(23(31)13-19)15-37-25-7-3-1-5-21(25)27(35)33-34-28(36)22-6-2-4-8-26(22)38-16-18-10-12-20(30)14-24(18)32/h1-14H,15-16H2,(H,33,35)(H,34,36). The van der Waals surface area contributed by atoms with Crippen LogP contribution in [0.1, 0.15) is 31.8 Å². The van der Waals surface area contributed by atoms with E-state index in [1.807, 2.05) is 0 Å². The van der Waals surface area contributed by atoms with Crippen molar-refractivity contribution in [1.82, 2.24) is 10.9 Å². The van der Waals surface area contributed by atoms with Gasteiger partial charge in [0.15, 0.2) is 0 Å². The molecule has 0 unspecified atom stereocenters. The molecule has 4 aromatic rings. The van der Waals surface area contributed by atoms with Gasteiger partial charge in [-0.05, 0) is 48.5 Å². The van der Waals surface area contributed by atoms with Gasteiger partial charge in [-0.25, -0.2) is 0 Å². The zero-order valence-electron chi connectivity index (χ0n) is 19.6. The Morgan fingerprint density at radius 1 is 0.579 bits per heavy atom. The number of halogens is 4. The Kier molecular flexibility index (Phi) is 9.37. The van der Waals surface area contributed by atoms with Crippen molar-refractivity contribution in [2.75, 3.05) is 0 Å². The number of hydrogen-bond acceptors (Lipinski definition) is 4. The molecular weight excluding hydrogens is 570 g/mol. The van der Waals surface area contributed by atoms with Crippen molar-refractivity contribution in [1.29, 1.82) is 0 Å². The molecule has 10 heteroatoms. The summed E-state index contributed by atoms with van der Waals surface area (Å²) < 4.78 is 11.7. The van der Waals surface area contributed by atoms with Crippen molar-refractivity contribution in [2.45, 2.75) is 13.2 Å². The average molecular weight is 590 g/mol. The molecule has 0 aliphatic heterocycles. The van der Waals surface area contributed by atoms with E-state index in [0.29, 0.717) is 42.7 Å². The van der Waals surface area contributed by atoms with E-state index in [2.05, 4.69) is 10.9 Å². The summed E-state index contributed by atoms with van der Waals surface area (Å²) in [4.78, 5) is 25.8. The second-order valence-electron chi connectivity index (χ2n) is 7.95. The van der Waals surface area contributed by atoms with Gasteiger partial charge in [0.25, 0.3) is 11.8 Å². The van der Waals surface area contributed by atoms with Crippen LogP contribution in [0.5, 0.6) is 11.5 Å². The van der Waals surface area contributed by atoms with Gasteiger partial charge >= 0.3 is 0 Å². The number of carbonyl (C=O) groups is 2. The topological polar surface area (TPSA) is 76.7 Å². The highest BCUT2D eigenvalue weighted by atomic mass is 35.5. The molecule has 0 aliphatic rings. The Hall–Kier alpha value is -3.42. The van der Waals surface area contributed by atoms with Crippen molar-refractivity contribution < 1.29 is 19.1 Å². The van der Waals surface area contributed by atoms with Crippen LogP contribution in [0.3, 0.4) is 0 Å². The lowest BCUT2D eigenvalue weighted by Crippen LogP contribution is -2.41. The predicted molar refractivity (Wildman–Crippen MR) is 149 cm³/mol. The third-order valence-electron chi connectivity index (χ3n) is 5.35. The summed E-state index contributed by atoms with van der Waals surface area (Å²) in [7, 11) is 0. The first-order valence-electron chi connectivity index (χ1n) is 11.2. The molecule has 0 aliphatic carbocycles. The molecule has 2 amide bonds. The Bertz CT molecular complexity index is 1370.